The number of amides is 3. The highest BCUT2D eigenvalue weighted by atomic mass is 19.1. The monoisotopic (exact) mass is 345 g/mol. The lowest BCUT2D eigenvalue weighted by Crippen LogP contribution is -2.23. The fourth-order valence-electron chi connectivity index (χ4n) is 2.26. The lowest BCUT2D eigenvalue weighted by molar-refractivity contribution is -0.121. The summed E-state index contributed by atoms with van der Waals surface area (Å²) in [5.74, 6) is -0.386. The van der Waals surface area contributed by atoms with E-state index >= 15 is 0 Å². The number of ether oxygens (including phenoxy) is 1. The fourth-order valence-corrected chi connectivity index (χ4v) is 2.26. The van der Waals surface area contributed by atoms with Crippen LogP contribution in [0.2, 0.25) is 0 Å². The lowest BCUT2D eigenvalue weighted by Gasteiger charge is -2.08. The van der Waals surface area contributed by atoms with E-state index in [-0.39, 0.29) is 18.1 Å². The second-order valence-electron chi connectivity index (χ2n) is 5.43. The molecule has 0 aliphatic heterocycles. The number of nitrogens with one attached hydrogen (secondary N) is 2. The summed E-state index contributed by atoms with van der Waals surface area (Å²) in [5.41, 5.74) is 7.24. The SMILES string of the molecule is COc1ccc(CCC(=O)NCc2ccc(NC(N)=O)cc2)cc1F. The van der Waals surface area contributed by atoms with E-state index in [0.29, 0.717) is 18.7 Å². The van der Waals surface area contributed by atoms with Crippen LogP contribution in [0.25, 0.3) is 0 Å². The molecule has 6 nitrogen and oxygen atoms in total. The van der Waals surface area contributed by atoms with E-state index in [1.165, 1.54) is 13.2 Å². The van der Waals surface area contributed by atoms with Gasteiger partial charge in [0.05, 0.1) is 7.11 Å². The zero-order valence-corrected chi connectivity index (χ0v) is 13.8. The van der Waals surface area contributed by atoms with Gasteiger partial charge in [-0.2, -0.15) is 0 Å². The van der Waals surface area contributed by atoms with Gasteiger partial charge in [0, 0.05) is 18.7 Å². The van der Waals surface area contributed by atoms with Gasteiger partial charge in [0.1, 0.15) is 0 Å². The van der Waals surface area contributed by atoms with Crippen LogP contribution >= 0.6 is 0 Å². The number of hydrogen-bond donors (Lipinski definition) is 3. The average molecular weight is 345 g/mol. The molecule has 2 aromatic rings. The second-order valence-corrected chi connectivity index (χ2v) is 5.43. The minimum absolute atomic E-state index is 0.129. The van der Waals surface area contributed by atoms with Crippen LogP contribution in [-0.4, -0.2) is 19.0 Å². The van der Waals surface area contributed by atoms with Crippen molar-refractivity contribution in [1.29, 1.82) is 0 Å². The van der Waals surface area contributed by atoms with Gasteiger partial charge < -0.3 is 21.1 Å². The highest BCUT2D eigenvalue weighted by molar-refractivity contribution is 5.87. The van der Waals surface area contributed by atoms with Crippen molar-refractivity contribution in [3.05, 3.63) is 59.4 Å². The first-order valence-electron chi connectivity index (χ1n) is 7.72. The van der Waals surface area contributed by atoms with E-state index in [0.717, 1.165) is 11.1 Å². The van der Waals surface area contributed by atoms with Crippen LogP contribution in [-0.2, 0) is 17.8 Å². The van der Waals surface area contributed by atoms with Crippen molar-refractivity contribution in [2.45, 2.75) is 19.4 Å². The van der Waals surface area contributed by atoms with Gasteiger partial charge in [0.25, 0.3) is 0 Å². The minimum atomic E-state index is -0.629. The highest BCUT2D eigenvalue weighted by Crippen LogP contribution is 2.18. The molecule has 7 heteroatoms. The molecule has 3 amide bonds. The fraction of sp³-hybridized carbons (Fsp3) is 0.222. The second kappa shape index (κ2) is 8.68. The predicted molar refractivity (Wildman–Crippen MR) is 92.8 cm³/mol. The summed E-state index contributed by atoms with van der Waals surface area (Å²) < 4.78 is 18.5. The van der Waals surface area contributed by atoms with Crippen LogP contribution < -0.4 is 21.1 Å². The molecule has 0 aliphatic rings. The lowest BCUT2D eigenvalue weighted by atomic mass is 10.1. The summed E-state index contributed by atoms with van der Waals surface area (Å²) >= 11 is 0. The Bertz CT molecular complexity index is 748. The van der Waals surface area contributed by atoms with Gasteiger partial charge >= 0.3 is 6.03 Å². The van der Waals surface area contributed by atoms with Crippen LogP contribution in [0.5, 0.6) is 5.75 Å². The predicted octanol–water partition coefficient (Wildman–Crippen LogP) is 2.57. The Labute approximate surface area is 145 Å². The molecule has 0 saturated carbocycles. The number of methoxy groups -OCH3 is 1. The number of rotatable bonds is 7. The van der Waals surface area contributed by atoms with Crippen LogP contribution in [0.3, 0.4) is 0 Å². The first-order valence-corrected chi connectivity index (χ1v) is 7.72. The van der Waals surface area contributed by atoms with Gasteiger partial charge in [0.15, 0.2) is 11.6 Å². The topological polar surface area (TPSA) is 93.4 Å². The van der Waals surface area contributed by atoms with Gasteiger partial charge in [-0.25, -0.2) is 9.18 Å². The van der Waals surface area contributed by atoms with Gasteiger partial charge in [-0.1, -0.05) is 18.2 Å². The van der Waals surface area contributed by atoms with E-state index in [9.17, 15) is 14.0 Å². The van der Waals surface area contributed by atoms with Crippen molar-refractivity contribution in [3.8, 4) is 5.75 Å². The Morgan fingerprint density at radius 1 is 1.12 bits per heavy atom. The zero-order valence-electron chi connectivity index (χ0n) is 13.8. The van der Waals surface area contributed by atoms with E-state index in [4.69, 9.17) is 10.5 Å². The zero-order chi connectivity index (χ0) is 18.2. The molecule has 0 aromatic heterocycles. The molecular weight excluding hydrogens is 325 g/mol. The summed E-state index contributed by atoms with van der Waals surface area (Å²) in [5, 5.41) is 5.26. The van der Waals surface area contributed by atoms with E-state index < -0.39 is 11.8 Å². The number of hydrogen-bond acceptors (Lipinski definition) is 3. The number of halogens is 1. The van der Waals surface area contributed by atoms with Crippen LogP contribution in [0.1, 0.15) is 17.5 Å². The summed E-state index contributed by atoms with van der Waals surface area (Å²) in [4.78, 5) is 22.6. The third kappa shape index (κ3) is 5.80. The van der Waals surface area contributed by atoms with Gasteiger partial charge in [-0.3, -0.25) is 4.79 Å². The molecular formula is C18H20FN3O3. The summed E-state index contributed by atoms with van der Waals surface area (Å²) in [6.07, 6.45) is 0.696. The number of benzene rings is 2. The van der Waals surface area contributed by atoms with Crippen molar-refractivity contribution in [1.82, 2.24) is 5.32 Å². The molecule has 2 rings (SSSR count). The summed E-state index contributed by atoms with van der Waals surface area (Å²) in [7, 11) is 1.40. The quantitative estimate of drug-likeness (QED) is 0.720. The number of anilines is 1. The average Bonchev–Trinajstić information content (AvgIpc) is 2.59. The van der Waals surface area contributed by atoms with Crippen molar-refractivity contribution in [2.24, 2.45) is 5.73 Å². The first-order chi connectivity index (χ1) is 12.0. The molecule has 0 aliphatic carbocycles. The number of urea groups is 1. The molecule has 0 fully saturated rings. The maximum Gasteiger partial charge on any atom is 0.316 e. The Morgan fingerprint density at radius 3 is 2.40 bits per heavy atom. The summed E-state index contributed by atoms with van der Waals surface area (Å²) in [6, 6.07) is 11.0. The maximum atomic E-state index is 13.6. The Hall–Kier alpha value is -3.09. The molecule has 4 N–H and O–H groups in total. The third-order valence-electron chi connectivity index (χ3n) is 3.57. The number of aryl methyl sites for hydroxylation is 1. The molecule has 0 atom stereocenters. The summed E-state index contributed by atoms with van der Waals surface area (Å²) in [6.45, 7) is 0.368. The molecule has 0 heterocycles. The van der Waals surface area contributed by atoms with Gasteiger partial charge in [-0.05, 0) is 41.8 Å². The third-order valence-corrected chi connectivity index (χ3v) is 3.57. The normalized spacial score (nSPS) is 10.2. The molecule has 0 radical (unpaired) electrons. The van der Waals surface area contributed by atoms with Crippen molar-refractivity contribution < 1.29 is 18.7 Å². The van der Waals surface area contributed by atoms with E-state index in [1.54, 1.807) is 36.4 Å². The molecule has 25 heavy (non-hydrogen) atoms. The van der Waals surface area contributed by atoms with Crippen molar-refractivity contribution in [3.63, 3.8) is 0 Å². The molecule has 0 unspecified atom stereocenters. The Balaban J connectivity index is 1.78. The van der Waals surface area contributed by atoms with Crippen LogP contribution in [0.4, 0.5) is 14.9 Å². The minimum Gasteiger partial charge on any atom is -0.494 e. The largest absolute Gasteiger partial charge is 0.494 e. The number of carbonyl (C=O) groups excluding carboxylic acids is 2. The molecule has 0 saturated heterocycles. The standard InChI is InChI=1S/C18H20FN3O3/c1-25-16-8-4-12(10-15(16)19)5-9-17(23)21-11-13-2-6-14(7-3-13)22-18(20)24/h2-4,6-8,10H,5,9,11H2,1H3,(H,21,23)(H3,20,22,24). The first kappa shape index (κ1) is 18.3. The Morgan fingerprint density at radius 2 is 1.80 bits per heavy atom. The van der Waals surface area contributed by atoms with Crippen LogP contribution in [0, 0.1) is 5.82 Å². The smallest absolute Gasteiger partial charge is 0.316 e. The van der Waals surface area contributed by atoms with Gasteiger partial charge in [-0.15, -0.1) is 0 Å². The molecule has 132 valence electrons. The van der Waals surface area contributed by atoms with Gasteiger partial charge in [0.2, 0.25) is 5.91 Å². The number of primary amides is 1. The maximum absolute atomic E-state index is 13.6. The Kier molecular flexibility index (Phi) is 6.33. The molecule has 2 aromatic carbocycles. The molecule has 0 bridgehead atoms. The molecule has 0 spiro atoms. The van der Waals surface area contributed by atoms with Crippen molar-refractivity contribution in [2.75, 3.05) is 12.4 Å². The number of carbonyl (C=O) groups is 2. The number of nitrogens with two attached hydrogens (primary N) is 1. The van der Waals surface area contributed by atoms with E-state index in [1.807, 2.05) is 0 Å². The van der Waals surface area contributed by atoms with E-state index in [2.05, 4.69) is 10.6 Å². The van der Waals surface area contributed by atoms with Crippen molar-refractivity contribution >= 4 is 17.6 Å². The highest BCUT2D eigenvalue weighted by Gasteiger charge is 2.06. The van der Waals surface area contributed by atoms with Crippen LogP contribution in [0.15, 0.2) is 42.5 Å².